The van der Waals surface area contributed by atoms with Gasteiger partial charge in [-0.15, -0.1) is 0 Å². The zero-order chi connectivity index (χ0) is 29.8. The van der Waals surface area contributed by atoms with Crippen molar-refractivity contribution in [1.82, 2.24) is 9.80 Å². The predicted molar refractivity (Wildman–Crippen MR) is 159 cm³/mol. The van der Waals surface area contributed by atoms with Gasteiger partial charge < -0.3 is 10.2 Å². The summed E-state index contributed by atoms with van der Waals surface area (Å²) in [5.74, 6) is -3.17. The van der Waals surface area contributed by atoms with Gasteiger partial charge in [0.2, 0.25) is 11.8 Å². The van der Waals surface area contributed by atoms with Crippen LogP contribution in [0.4, 0.5) is 4.79 Å². The fourth-order valence-corrected chi connectivity index (χ4v) is 5.65. The van der Waals surface area contributed by atoms with Crippen LogP contribution in [0.25, 0.3) is 0 Å². The summed E-state index contributed by atoms with van der Waals surface area (Å²) in [4.78, 5) is 44.9. The van der Waals surface area contributed by atoms with Crippen LogP contribution in [0.1, 0.15) is 60.4 Å². The maximum atomic E-state index is 14.3. The molecule has 0 saturated carbocycles. The second-order valence-corrected chi connectivity index (χ2v) is 10.7. The molecule has 0 aromatic heterocycles. The molecule has 4 aromatic carbocycles. The Balaban J connectivity index is 1.60. The van der Waals surface area contributed by atoms with E-state index in [0.29, 0.717) is 22.3 Å². The van der Waals surface area contributed by atoms with Crippen LogP contribution in [0.15, 0.2) is 121 Å². The summed E-state index contributed by atoms with van der Waals surface area (Å²) in [7, 11) is 0. The normalized spacial score (nSPS) is 19.7. The summed E-state index contributed by atoms with van der Waals surface area (Å²) in [6.07, 6.45) is -2.33. The fraction of sp³-hybridized carbons (Fsp3) is 0.229. The fourth-order valence-electron chi connectivity index (χ4n) is 5.65. The Morgan fingerprint density at radius 3 is 1.14 bits per heavy atom. The smallest absolute Gasteiger partial charge is 0.334 e. The number of amides is 4. The molecule has 42 heavy (non-hydrogen) atoms. The maximum absolute atomic E-state index is 14.3. The number of nitrogens with zero attached hydrogens (tertiary/aromatic N) is 2. The van der Waals surface area contributed by atoms with Crippen molar-refractivity contribution in [3.05, 3.63) is 144 Å². The molecule has 1 aliphatic rings. The zero-order valence-corrected chi connectivity index (χ0v) is 23.5. The largest absolute Gasteiger partial charge is 0.388 e. The molecule has 1 saturated heterocycles. The molecule has 7 heteroatoms. The van der Waals surface area contributed by atoms with E-state index in [4.69, 9.17) is 0 Å². The minimum absolute atomic E-state index is 0.549. The van der Waals surface area contributed by atoms with Crippen molar-refractivity contribution in [3.8, 4) is 0 Å². The van der Waals surface area contributed by atoms with Crippen molar-refractivity contribution in [1.29, 1.82) is 0 Å². The van der Waals surface area contributed by atoms with Crippen LogP contribution in [-0.4, -0.2) is 37.9 Å². The lowest BCUT2D eigenvalue weighted by Gasteiger charge is -2.30. The molecule has 0 unspecified atom stereocenters. The Hall–Kier alpha value is -4.59. The highest BCUT2D eigenvalue weighted by atomic mass is 16.3. The standard InChI is InChI=1S/C35H34N2O5/c1-23(31(38)27-19-11-5-12-20-27)33(40)36-29(25-15-7-3-8-16-25)30(26-17-9-4-10-18-26)37(35(36)42)34(41)24(2)32(39)28-21-13-6-14-22-28/h3-24,29-32,38-39H,1-2H3/t23-,24-,29-,30-,31-,32-/m1/s1. The lowest BCUT2D eigenvalue weighted by atomic mass is 9.90. The lowest BCUT2D eigenvalue weighted by Crippen LogP contribution is -2.44. The van der Waals surface area contributed by atoms with Gasteiger partial charge in [0.25, 0.3) is 0 Å². The molecular weight excluding hydrogens is 528 g/mol. The van der Waals surface area contributed by atoms with Crippen molar-refractivity contribution in [3.63, 3.8) is 0 Å². The van der Waals surface area contributed by atoms with Crippen molar-refractivity contribution in [2.45, 2.75) is 38.1 Å². The van der Waals surface area contributed by atoms with Gasteiger partial charge in [0.05, 0.1) is 36.1 Å². The monoisotopic (exact) mass is 562 g/mol. The highest BCUT2D eigenvalue weighted by molar-refractivity contribution is 6.06. The van der Waals surface area contributed by atoms with Gasteiger partial charge in [0, 0.05) is 0 Å². The Bertz CT molecular complexity index is 1400. The topological polar surface area (TPSA) is 98.2 Å². The number of aliphatic hydroxyl groups excluding tert-OH is 2. The summed E-state index contributed by atoms with van der Waals surface area (Å²) in [5, 5.41) is 22.3. The summed E-state index contributed by atoms with van der Waals surface area (Å²) in [6.45, 7) is 3.16. The molecular formula is C35H34N2O5. The Morgan fingerprint density at radius 2 is 0.833 bits per heavy atom. The number of carbonyl (C=O) groups is 3. The quantitative estimate of drug-likeness (QED) is 0.275. The first kappa shape index (κ1) is 28.9. The predicted octanol–water partition coefficient (Wildman–Crippen LogP) is 6.00. The molecule has 0 radical (unpaired) electrons. The molecule has 1 aliphatic heterocycles. The highest BCUT2D eigenvalue weighted by Crippen LogP contribution is 2.47. The third kappa shape index (κ3) is 5.49. The second-order valence-electron chi connectivity index (χ2n) is 10.7. The van der Waals surface area contributed by atoms with E-state index in [1.54, 1.807) is 62.4 Å². The van der Waals surface area contributed by atoms with Crippen LogP contribution < -0.4 is 0 Å². The molecule has 1 fully saturated rings. The van der Waals surface area contributed by atoms with E-state index in [9.17, 15) is 24.6 Å². The molecule has 6 atom stereocenters. The molecule has 1 heterocycles. The first-order valence-corrected chi connectivity index (χ1v) is 14.1. The van der Waals surface area contributed by atoms with E-state index >= 15 is 0 Å². The molecule has 7 nitrogen and oxygen atoms in total. The molecule has 0 aliphatic carbocycles. The summed E-state index contributed by atoms with van der Waals surface area (Å²) in [6, 6.07) is 33.4. The average molecular weight is 563 g/mol. The van der Waals surface area contributed by atoms with Crippen LogP contribution in [-0.2, 0) is 9.59 Å². The van der Waals surface area contributed by atoms with Gasteiger partial charge in [-0.2, -0.15) is 0 Å². The van der Waals surface area contributed by atoms with Crippen molar-refractivity contribution >= 4 is 17.8 Å². The number of hydrogen-bond acceptors (Lipinski definition) is 5. The molecule has 0 bridgehead atoms. The lowest BCUT2D eigenvalue weighted by molar-refractivity contribution is -0.137. The van der Waals surface area contributed by atoms with Crippen LogP contribution in [0.2, 0.25) is 0 Å². The third-order valence-corrected chi connectivity index (χ3v) is 8.03. The number of carbonyl (C=O) groups excluding carboxylic acids is 3. The van der Waals surface area contributed by atoms with E-state index in [1.807, 2.05) is 72.8 Å². The number of benzene rings is 4. The Labute approximate surface area is 245 Å². The summed E-state index contributed by atoms with van der Waals surface area (Å²) < 4.78 is 0. The number of aliphatic hydroxyl groups is 2. The van der Waals surface area contributed by atoms with Gasteiger partial charge >= 0.3 is 6.03 Å². The van der Waals surface area contributed by atoms with E-state index in [1.165, 1.54) is 0 Å². The van der Waals surface area contributed by atoms with E-state index in [-0.39, 0.29) is 0 Å². The first-order chi connectivity index (χ1) is 20.3. The van der Waals surface area contributed by atoms with Crippen molar-refractivity contribution in [2.75, 3.05) is 0 Å². The molecule has 214 valence electrons. The van der Waals surface area contributed by atoms with Crippen LogP contribution in [0.5, 0.6) is 0 Å². The van der Waals surface area contributed by atoms with Crippen LogP contribution in [0.3, 0.4) is 0 Å². The molecule has 4 aromatic rings. The SMILES string of the molecule is C[C@@H](C(=O)N1C(=O)N(C(=O)[C@H](C)[C@@H](O)c2ccccc2)[C@H](c2ccccc2)[C@H]1c1ccccc1)[C@@H](O)c1ccccc1. The van der Waals surface area contributed by atoms with Gasteiger partial charge in [-0.05, 0) is 22.3 Å². The van der Waals surface area contributed by atoms with Crippen molar-refractivity contribution in [2.24, 2.45) is 11.8 Å². The molecule has 4 amide bonds. The van der Waals surface area contributed by atoms with Gasteiger partial charge in [-0.3, -0.25) is 19.4 Å². The molecule has 2 N–H and O–H groups in total. The Morgan fingerprint density at radius 1 is 0.548 bits per heavy atom. The number of urea groups is 1. The van der Waals surface area contributed by atoms with Crippen LogP contribution >= 0.6 is 0 Å². The summed E-state index contributed by atoms with van der Waals surface area (Å²) >= 11 is 0. The third-order valence-electron chi connectivity index (χ3n) is 8.03. The van der Waals surface area contributed by atoms with Gasteiger partial charge in [0.1, 0.15) is 0 Å². The Kier molecular flexibility index (Phi) is 8.61. The first-order valence-electron chi connectivity index (χ1n) is 14.1. The van der Waals surface area contributed by atoms with Gasteiger partial charge in [0.15, 0.2) is 0 Å². The second kappa shape index (κ2) is 12.5. The zero-order valence-electron chi connectivity index (χ0n) is 23.5. The van der Waals surface area contributed by atoms with Gasteiger partial charge in [-0.25, -0.2) is 4.79 Å². The highest BCUT2D eigenvalue weighted by Gasteiger charge is 2.54. The minimum atomic E-state index is -1.17. The molecule has 0 spiro atoms. The van der Waals surface area contributed by atoms with Gasteiger partial charge in [-0.1, -0.05) is 135 Å². The summed E-state index contributed by atoms with van der Waals surface area (Å²) in [5.41, 5.74) is 2.43. The number of rotatable bonds is 8. The number of hydrogen-bond donors (Lipinski definition) is 2. The minimum Gasteiger partial charge on any atom is -0.388 e. The van der Waals surface area contributed by atoms with E-state index in [0.717, 1.165) is 9.80 Å². The van der Waals surface area contributed by atoms with Crippen LogP contribution in [0, 0.1) is 11.8 Å². The van der Waals surface area contributed by atoms with E-state index < -0.39 is 54.0 Å². The maximum Gasteiger partial charge on any atom is 0.334 e. The van der Waals surface area contributed by atoms with Crippen molar-refractivity contribution < 1.29 is 24.6 Å². The average Bonchev–Trinajstić information content (AvgIpc) is 3.36. The molecule has 5 rings (SSSR count). The van der Waals surface area contributed by atoms with E-state index in [2.05, 4.69) is 0 Å². The number of imide groups is 2.